The molecule has 0 aromatic rings. The minimum Gasteiger partial charge on any atom is -0.396 e. The lowest BCUT2D eigenvalue weighted by Crippen LogP contribution is -2.36. The molecule has 0 aliphatic carbocycles. The van der Waals surface area contributed by atoms with Crippen molar-refractivity contribution in [2.24, 2.45) is 5.92 Å². The molecule has 0 aromatic heterocycles. The highest BCUT2D eigenvalue weighted by atomic mass is 16.3. The maximum Gasteiger partial charge on any atom is 0.227 e. The summed E-state index contributed by atoms with van der Waals surface area (Å²) in [6.45, 7) is 5.41. The van der Waals surface area contributed by atoms with Crippen molar-refractivity contribution in [3.63, 3.8) is 0 Å². The third-order valence-corrected chi connectivity index (χ3v) is 3.66. The molecule has 1 fully saturated rings. The number of nitrogens with zero attached hydrogens (tertiary/aromatic N) is 2. The van der Waals surface area contributed by atoms with Crippen LogP contribution >= 0.6 is 0 Å². The molecule has 110 valence electrons. The number of hydrogen-bond donors (Lipinski definition) is 1. The zero-order chi connectivity index (χ0) is 14.4. The van der Waals surface area contributed by atoms with Crippen LogP contribution in [0.25, 0.3) is 0 Å². The van der Waals surface area contributed by atoms with Gasteiger partial charge in [0, 0.05) is 39.2 Å². The fraction of sp³-hybridized carbons (Fsp3) is 0.857. The topological polar surface area (TPSA) is 60.9 Å². The van der Waals surface area contributed by atoms with Gasteiger partial charge in [0.25, 0.3) is 0 Å². The van der Waals surface area contributed by atoms with Crippen molar-refractivity contribution in [3.8, 4) is 0 Å². The maximum absolute atomic E-state index is 12.2. The largest absolute Gasteiger partial charge is 0.396 e. The van der Waals surface area contributed by atoms with Gasteiger partial charge in [-0.1, -0.05) is 0 Å². The lowest BCUT2D eigenvalue weighted by atomic mass is 10.1. The van der Waals surface area contributed by atoms with Crippen LogP contribution < -0.4 is 0 Å². The molecule has 0 saturated carbocycles. The van der Waals surface area contributed by atoms with E-state index in [1.165, 1.54) is 0 Å². The van der Waals surface area contributed by atoms with Crippen molar-refractivity contribution < 1.29 is 14.7 Å². The number of aliphatic hydroxyl groups excluding tert-OH is 1. The van der Waals surface area contributed by atoms with Gasteiger partial charge in [0.1, 0.15) is 0 Å². The molecule has 0 bridgehead atoms. The van der Waals surface area contributed by atoms with Gasteiger partial charge in [0.05, 0.1) is 5.92 Å². The van der Waals surface area contributed by atoms with E-state index in [1.54, 1.807) is 16.8 Å². The molecule has 0 spiro atoms. The van der Waals surface area contributed by atoms with Gasteiger partial charge in [0.2, 0.25) is 11.8 Å². The van der Waals surface area contributed by atoms with Crippen LogP contribution in [-0.2, 0) is 9.59 Å². The summed E-state index contributed by atoms with van der Waals surface area (Å²) < 4.78 is 0. The van der Waals surface area contributed by atoms with E-state index in [-0.39, 0.29) is 30.4 Å². The highest BCUT2D eigenvalue weighted by Gasteiger charge is 2.36. The maximum atomic E-state index is 12.2. The summed E-state index contributed by atoms with van der Waals surface area (Å²) in [6.07, 6.45) is 2.95. The normalized spacial score (nSPS) is 19.3. The highest BCUT2D eigenvalue weighted by molar-refractivity contribution is 5.89. The van der Waals surface area contributed by atoms with Crippen LogP contribution in [0.4, 0.5) is 0 Å². The molecule has 1 N–H and O–H groups in total. The summed E-state index contributed by atoms with van der Waals surface area (Å²) in [6, 6.07) is 0.167. The number of amides is 2. The summed E-state index contributed by atoms with van der Waals surface area (Å²) >= 11 is 0. The van der Waals surface area contributed by atoms with E-state index in [0.717, 1.165) is 19.3 Å². The number of unbranched alkanes of at least 4 members (excludes halogenated alkanes) is 2. The van der Waals surface area contributed by atoms with Crippen LogP contribution in [0.2, 0.25) is 0 Å². The Labute approximate surface area is 115 Å². The van der Waals surface area contributed by atoms with Crippen molar-refractivity contribution in [1.82, 2.24) is 9.80 Å². The summed E-state index contributed by atoms with van der Waals surface area (Å²) in [5.41, 5.74) is 0. The van der Waals surface area contributed by atoms with Gasteiger partial charge < -0.3 is 14.9 Å². The molecule has 0 radical (unpaired) electrons. The second kappa shape index (κ2) is 7.48. The standard InChI is InChI=1S/C14H26N2O3/c1-11(2)16-10-12(9-13(16)18)14(19)15(3)7-5-4-6-8-17/h11-12,17H,4-10H2,1-3H3. The third-order valence-electron chi connectivity index (χ3n) is 3.66. The Morgan fingerprint density at radius 1 is 1.42 bits per heavy atom. The first kappa shape index (κ1) is 16.0. The van der Waals surface area contributed by atoms with E-state index in [9.17, 15) is 9.59 Å². The average Bonchev–Trinajstić information content (AvgIpc) is 2.75. The monoisotopic (exact) mass is 270 g/mol. The van der Waals surface area contributed by atoms with Crippen molar-refractivity contribution in [1.29, 1.82) is 0 Å². The fourth-order valence-corrected chi connectivity index (χ4v) is 2.46. The quantitative estimate of drug-likeness (QED) is 0.698. The molecule has 5 nitrogen and oxygen atoms in total. The minimum absolute atomic E-state index is 0.0699. The molecule has 19 heavy (non-hydrogen) atoms. The van der Waals surface area contributed by atoms with E-state index < -0.39 is 0 Å². The van der Waals surface area contributed by atoms with Gasteiger partial charge in [0.15, 0.2) is 0 Å². The average molecular weight is 270 g/mol. The lowest BCUT2D eigenvalue weighted by molar-refractivity contribution is -0.134. The van der Waals surface area contributed by atoms with E-state index in [0.29, 0.717) is 19.5 Å². The van der Waals surface area contributed by atoms with E-state index in [4.69, 9.17) is 5.11 Å². The van der Waals surface area contributed by atoms with Gasteiger partial charge in [-0.15, -0.1) is 0 Å². The molecule has 1 saturated heterocycles. The summed E-state index contributed by atoms with van der Waals surface area (Å²) in [5.74, 6) is -0.0275. The zero-order valence-corrected chi connectivity index (χ0v) is 12.3. The first-order chi connectivity index (χ1) is 8.97. The first-order valence-electron chi connectivity index (χ1n) is 7.12. The number of carbonyl (C=O) groups is 2. The smallest absolute Gasteiger partial charge is 0.227 e. The number of aliphatic hydroxyl groups is 1. The van der Waals surface area contributed by atoms with Crippen LogP contribution in [0.1, 0.15) is 39.5 Å². The van der Waals surface area contributed by atoms with E-state index in [2.05, 4.69) is 0 Å². The molecule has 1 heterocycles. The summed E-state index contributed by atoms with van der Waals surface area (Å²) in [4.78, 5) is 27.5. The van der Waals surface area contributed by atoms with Crippen molar-refractivity contribution in [2.45, 2.75) is 45.6 Å². The summed E-state index contributed by atoms with van der Waals surface area (Å²) in [5, 5.41) is 8.70. The van der Waals surface area contributed by atoms with Gasteiger partial charge in [-0.2, -0.15) is 0 Å². The molecule has 1 aliphatic heterocycles. The van der Waals surface area contributed by atoms with Crippen LogP contribution in [0.15, 0.2) is 0 Å². The van der Waals surface area contributed by atoms with Crippen molar-refractivity contribution in [2.75, 3.05) is 26.7 Å². The molecule has 1 atom stereocenters. The van der Waals surface area contributed by atoms with Gasteiger partial charge in [-0.25, -0.2) is 0 Å². The molecular weight excluding hydrogens is 244 g/mol. The Morgan fingerprint density at radius 3 is 2.63 bits per heavy atom. The molecule has 1 rings (SSSR count). The second-order valence-corrected chi connectivity index (χ2v) is 5.58. The van der Waals surface area contributed by atoms with E-state index >= 15 is 0 Å². The second-order valence-electron chi connectivity index (χ2n) is 5.58. The SMILES string of the molecule is CC(C)N1CC(C(=O)N(C)CCCCCO)CC1=O. The Bertz CT molecular complexity index is 318. The molecule has 1 unspecified atom stereocenters. The molecule has 5 heteroatoms. The van der Waals surface area contributed by atoms with Crippen molar-refractivity contribution in [3.05, 3.63) is 0 Å². The highest BCUT2D eigenvalue weighted by Crippen LogP contribution is 2.21. The fourth-order valence-electron chi connectivity index (χ4n) is 2.46. The van der Waals surface area contributed by atoms with Crippen molar-refractivity contribution >= 4 is 11.8 Å². The van der Waals surface area contributed by atoms with Gasteiger partial charge >= 0.3 is 0 Å². The van der Waals surface area contributed by atoms with Crippen LogP contribution in [0.3, 0.4) is 0 Å². The summed E-state index contributed by atoms with van der Waals surface area (Å²) in [7, 11) is 1.80. The Morgan fingerprint density at radius 2 is 2.11 bits per heavy atom. The Kier molecular flexibility index (Phi) is 6.28. The number of carbonyl (C=O) groups excluding carboxylic acids is 2. The van der Waals surface area contributed by atoms with Crippen LogP contribution in [-0.4, -0.2) is 59.5 Å². The lowest BCUT2D eigenvalue weighted by Gasteiger charge is -2.23. The predicted molar refractivity (Wildman–Crippen MR) is 73.5 cm³/mol. The minimum atomic E-state index is -0.183. The van der Waals surface area contributed by atoms with Crippen LogP contribution in [0.5, 0.6) is 0 Å². The Balaban J connectivity index is 2.39. The first-order valence-corrected chi connectivity index (χ1v) is 7.12. The third kappa shape index (κ3) is 4.49. The predicted octanol–water partition coefficient (Wildman–Crippen LogP) is 0.864. The number of hydrogen-bond acceptors (Lipinski definition) is 3. The Hall–Kier alpha value is -1.10. The zero-order valence-electron chi connectivity index (χ0n) is 12.3. The molecule has 0 aromatic carbocycles. The van der Waals surface area contributed by atoms with Crippen LogP contribution in [0, 0.1) is 5.92 Å². The molecular formula is C14H26N2O3. The van der Waals surface area contributed by atoms with Gasteiger partial charge in [-0.05, 0) is 33.1 Å². The molecule has 2 amide bonds. The van der Waals surface area contributed by atoms with E-state index in [1.807, 2.05) is 13.8 Å². The van der Waals surface area contributed by atoms with Gasteiger partial charge in [-0.3, -0.25) is 9.59 Å². The number of rotatable bonds is 7. The number of likely N-dealkylation sites (tertiary alicyclic amines) is 1. The molecule has 1 aliphatic rings.